The summed E-state index contributed by atoms with van der Waals surface area (Å²) in [5.41, 5.74) is 14.9. The van der Waals surface area contributed by atoms with Gasteiger partial charge < -0.3 is 25.6 Å². The zero-order valence-electron chi connectivity index (χ0n) is 27.5. The SMILES string of the molecule is N#Cc1cncc(COc2nc(OCc3cccc(-c4cccc(-c5ccc6c(c5)C[C@@H](N)C6)c4Cl)c3Cl)c(Br)cc2CNCCCC(=O)O)c1. The Kier molecular flexibility index (Phi) is 11.9. The largest absolute Gasteiger partial charge is 0.481 e. The fourth-order valence-corrected chi connectivity index (χ4v) is 7.14. The molecule has 0 unspecified atom stereocenters. The number of halogens is 3. The molecule has 0 bridgehead atoms. The van der Waals surface area contributed by atoms with E-state index in [1.807, 2.05) is 42.5 Å². The normalized spacial score (nSPS) is 13.4. The fraction of sp³-hybridized carbons (Fsp3) is 0.231. The van der Waals surface area contributed by atoms with Crippen molar-refractivity contribution in [2.24, 2.45) is 5.73 Å². The van der Waals surface area contributed by atoms with Crippen LogP contribution in [-0.4, -0.2) is 33.6 Å². The van der Waals surface area contributed by atoms with Crippen LogP contribution in [0.1, 0.15) is 46.2 Å². The van der Waals surface area contributed by atoms with Crippen molar-refractivity contribution in [3.63, 3.8) is 0 Å². The van der Waals surface area contributed by atoms with Crippen molar-refractivity contribution < 1.29 is 19.4 Å². The van der Waals surface area contributed by atoms with Crippen LogP contribution < -0.4 is 20.5 Å². The maximum Gasteiger partial charge on any atom is 0.303 e. The van der Waals surface area contributed by atoms with Crippen LogP contribution in [0.2, 0.25) is 10.0 Å². The zero-order valence-corrected chi connectivity index (χ0v) is 30.6. The molecule has 0 fully saturated rings. The van der Waals surface area contributed by atoms with Crippen molar-refractivity contribution in [2.75, 3.05) is 6.54 Å². The third-order valence-electron chi connectivity index (χ3n) is 8.56. The summed E-state index contributed by atoms with van der Waals surface area (Å²) in [6.45, 7) is 1.11. The number of hydrogen-bond donors (Lipinski definition) is 3. The van der Waals surface area contributed by atoms with E-state index in [0.717, 1.165) is 46.2 Å². The Balaban J connectivity index is 1.22. The number of aliphatic carboxylic acids is 1. The molecule has 3 aromatic carbocycles. The van der Waals surface area contributed by atoms with E-state index in [4.69, 9.17) is 43.5 Å². The van der Waals surface area contributed by atoms with E-state index < -0.39 is 5.97 Å². The van der Waals surface area contributed by atoms with Crippen molar-refractivity contribution >= 4 is 45.1 Å². The van der Waals surface area contributed by atoms with Gasteiger partial charge in [0.05, 0.1) is 20.1 Å². The lowest BCUT2D eigenvalue weighted by Gasteiger charge is -2.16. The number of nitrogens with zero attached hydrogens (tertiary/aromatic N) is 3. The van der Waals surface area contributed by atoms with Crippen LogP contribution in [0.25, 0.3) is 22.3 Å². The molecule has 12 heteroatoms. The minimum Gasteiger partial charge on any atom is -0.481 e. The van der Waals surface area contributed by atoms with Gasteiger partial charge in [0.2, 0.25) is 11.8 Å². The maximum absolute atomic E-state index is 10.9. The number of pyridine rings is 2. The lowest BCUT2D eigenvalue weighted by atomic mass is 9.96. The Morgan fingerprint density at radius 1 is 0.941 bits per heavy atom. The smallest absolute Gasteiger partial charge is 0.303 e. The number of hydrogen-bond acceptors (Lipinski definition) is 8. The highest BCUT2D eigenvalue weighted by molar-refractivity contribution is 9.10. The van der Waals surface area contributed by atoms with Gasteiger partial charge in [0.25, 0.3) is 0 Å². The summed E-state index contributed by atoms with van der Waals surface area (Å²) in [6.07, 6.45) is 5.40. The third-order valence-corrected chi connectivity index (χ3v) is 9.98. The predicted molar refractivity (Wildman–Crippen MR) is 201 cm³/mol. The number of nitrogens with two attached hydrogens (primary N) is 1. The maximum atomic E-state index is 10.9. The molecule has 0 radical (unpaired) electrons. The van der Waals surface area contributed by atoms with E-state index in [0.29, 0.717) is 56.9 Å². The Morgan fingerprint density at radius 2 is 1.69 bits per heavy atom. The Labute approximate surface area is 314 Å². The highest BCUT2D eigenvalue weighted by Gasteiger charge is 2.21. The van der Waals surface area contributed by atoms with Crippen LogP contribution >= 0.6 is 39.1 Å². The molecule has 2 aromatic heterocycles. The van der Waals surface area contributed by atoms with E-state index in [1.165, 1.54) is 17.3 Å². The van der Waals surface area contributed by atoms with Crippen molar-refractivity contribution in [3.8, 4) is 40.1 Å². The Morgan fingerprint density at radius 3 is 2.49 bits per heavy atom. The summed E-state index contributed by atoms with van der Waals surface area (Å²) in [4.78, 5) is 19.7. The van der Waals surface area contributed by atoms with Crippen LogP contribution in [0.3, 0.4) is 0 Å². The molecule has 0 aliphatic heterocycles. The molecule has 260 valence electrons. The second-order valence-electron chi connectivity index (χ2n) is 12.3. The van der Waals surface area contributed by atoms with E-state index in [-0.39, 0.29) is 25.7 Å². The average Bonchev–Trinajstić information content (AvgIpc) is 3.50. The van der Waals surface area contributed by atoms with Gasteiger partial charge in [-0.15, -0.1) is 0 Å². The molecule has 0 amide bonds. The molecule has 0 saturated carbocycles. The fourth-order valence-electron chi connectivity index (χ4n) is 6.04. The molecule has 0 saturated heterocycles. The molecule has 9 nitrogen and oxygen atoms in total. The van der Waals surface area contributed by atoms with Crippen molar-refractivity contribution in [3.05, 3.63) is 127 Å². The van der Waals surface area contributed by atoms with Crippen LogP contribution in [-0.2, 0) is 37.4 Å². The van der Waals surface area contributed by atoms with Gasteiger partial charge in [0, 0.05) is 64.8 Å². The van der Waals surface area contributed by atoms with Gasteiger partial charge in [-0.3, -0.25) is 9.78 Å². The summed E-state index contributed by atoms with van der Waals surface area (Å²) >= 11 is 17.7. The monoisotopic (exact) mass is 785 g/mol. The Hall–Kier alpha value is -4.50. The van der Waals surface area contributed by atoms with Gasteiger partial charge in [-0.2, -0.15) is 10.2 Å². The average molecular weight is 788 g/mol. The summed E-state index contributed by atoms with van der Waals surface area (Å²) in [5, 5.41) is 22.6. The topological polar surface area (TPSA) is 143 Å². The first-order valence-corrected chi connectivity index (χ1v) is 17.9. The molecule has 1 aliphatic rings. The van der Waals surface area contributed by atoms with Crippen LogP contribution in [0.5, 0.6) is 11.8 Å². The molecular formula is C39H34BrCl2N5O4. The van der Waals surface area contributed by atoms with Crippen LogP contribution in [0, 0.1) is 11.3 Å². The van der Waals surface area contributed by atoms with Crippen LogP contribution in [0.15, 0.2) is 83.6 Å². The van der Waals surface area contributed by atoms with Gasteiger partial charge in [0.15, 0.2) is 0 Å². The number of fused-ring (bicyclic) bond motifs is 1. The molecule has 1 atom stereocenters. The van der Waals surface area contributed by atoms with Gasteiger partial charge in [-0.05, 0) is 70.6 Å². The van der Waals surface area contributed by atoms with Gasteiger partial charge >= 0.3 is 5.97 Å². The summed E-state index contributed by atoms with van der Waals surface area (Å²) in [5.74, 6) is -0.234. The number of benzene rings is 3. The summed E-state index contributed by atoms with van der Waals surface area (Å²) in [7, 11) is 0. The quantitative estimate of drug-likeness (QED) is 0.0948. The first-order valence-electron chi connectivity index (χ1n) is 16.4. The molecule has 5 aromatic rings. The molecule has 4 N–H and O–H groups in total. The second-order valence-corrected chi connectivity index (χ2v) is 13.9. The van der Waals surface area contributed by atoms with E-state index >= 15 is 0 Å². The first kappa shape index (κ1) is 36.3. The number of carboxylic acids is 1. The number of nitriles is 1. The standard InChI is InChI=1S/C39H34BrCl2N5O4/c40-34-16-29(20-45-11-3-8-35(48)49)38(50-21-24-12-23(17-43)18-46-19-24)47-39(34)51-22-27-4-1-6-32(36(27)41)33-7-2-5-31(37(33)42)26-10-9-25-14-30(44)15-28(25)13-26/h1-2,4-7,9-10,12-13,16,18-19,30,45H,3,8,11,14-15,20-22,44H2,(H,48,49)/t30-/m0/s1. The second kappa shape index (κ2) is 16.7. The van der Waals surface area contributed by atoms with Crippen molar-refractivity contribution in [2.45, 2.75) is 51.5 Å². The molecule has 1 aliphatic carbocycles. The molecule has 2 heterocycles. The first-order chi connectivity index (χ1) is 24.7. The van der Waals surface area contributed by atoms with Crippen LogP contribution in [0.4, 0.5) is 0 Å². The summed E-state index contributed by atoms with van der Waals surface area (Å²) in [6, 6.07) is 23.9. The lowest BCUT2D eigenvalue weighted by Crippen LogP contribution is -2.18. The summed E-state index contributed by atoms with van der Waals surface area (Å²) < 4.78 is 12.9. The highest BCUT2D eigenvalue weighted by Crippen LogP contribution is 2.41. The molecular weight excluding hydrogens is 753 g/mol. The van der Waals surface area contributed by atoms with Gasteiger partial charge in [-0.1, -0.05) is 77.8 Å². The number of aromatic nitrogens is 2. The zero-order chi connectivity index (χ0) is 35.9. The minimum atomic E-state index is -0.844. The predicted octanol–water partition coefficient (Wildman–Crippen LogP) is 8.29. The minimum absolute atomic E-state index is 0.0684. The van der Waals surface area contributed by atoms with Gasteiger partial charge in [-0.25, -0.2) is 0 Å². The number of nitrogens with one attached hydrogen (secondary N) is 1. The Bertz CT molecular complexity index is 2120. The van der Waals surface area contributed by atoms with E-state index in [2.05, 4.69) is 55.5 Å². The number of carboxylic acid groups (broad SMARTS) is 1. The molecule has 51 heavy (non-hydrogen) atoms. The lowest BCUT2D eigenvalue weighted by molar-refractivity contribution is -0.137. The van der Waals surface area contributed by atoms with Crippen molar-refractivity contribution in [1.82, 2.24) is 15.3 Å². The molecule has 0 spiro atoms. The number of carbonyl (C=O) groups is 1. The third kappa shape index (κ3) is 8.87. The highest BCUT2D eigenvalue weighted by atomic mass is 79.9. The van der Waals surface area contributed by atoms with Gasteiger partial charge in [0.1, 0.15) is 19.3 Å². The number of ether oxygens (including phenoxy) is 2. The number of rotatable bonds is 14. The van der Waals surface area contributed by atoms with E-state index in [1.54, 1.807) is 12.3 Å². The molecule has 6 rings (SSSR count). The van der Waals surface area contributed by atoms with Crippen molar-refractivity contribution in [1.29, 1.82) is 5.26 Å². The van der Waals surface area contributed by atoms with E-state index in [9.17, 15) is 10.1 Å².